The number of ketones is 1. The van der Waals surface area contributed by atoms with Gasteiger partial charge in [-0.3, -0.25) is 9.59 Å². The number of methoxy groups -OCH3 is 1. The van der Waals surface area contributed by atoms with Gasteiger partial charge in [-0.2, -0.15) is 5.26 Å². The van der Waals surface area contributed by atoms with Crippen LogP contribution in [-0.4, -0.2) is 18.9 Å². The largest absolute Gasteiger partial charge is 0.468 e. The number of nitrogens with zero attached hydrogens (tertiary/aromatic N) is 1. The highest BCUT2D eigenvalue weighted by Gasteiger charge is 2.45. The zero-order chi connectivity index (χ0) is 14.8. The van der Waals surface area contributed by atoms with Crippen molar-refractivity contribution >= 4 is 27.7 Å². The minimum atomic E-state index is -0.847. The van der Waals surface area contributed by atoms with E-state index in [0.29, 0.717) is 6.42 Å². The lowest BCUT2D eigenvalue weighted by Gasteiger charge is -2.34. The second kappa shape index (κ2) is 5.76. The molecule has 1 aromatic rings. The highest BCUT2D eigenvalue weighted by atomic mass is 79.9. The van der Waals surface area contributed by atoms with Gasteiger partial charge in [0.25, 0.3) is 0 Å². The molecule has 20 heavy (non-hydrogen) atoms. The van der Waals surface area contributed by atoms with Crippen LogP contribution in [0.4, 0.5) is 0 Å². The van der Waals surface area contributed by atoms with Gasteiger partial charge < -0.3 is 4.74 Å². The standard InChI is InChI=1S/C15H14BrNO3/c1-20-14(19)10-8-15(9-17,7-6-13(10)18)11-4-2-3-5-12(11)16/h2-5,10H,6-8H2,1H3. The van der Waals surface area contributed by atoms with Gasteiger partial charge in [-0.1, -0.05) is 34.1 Å². The normalized spacial score (nSPS) is 25.9. The van der Waals surface area contributed by atoms with Crippen molar-refractivity contribution in [3.05, 3.63) is 34.3 Å². The van der Waals surface area contributed by atoms with Gasteiger partial charge in [-0.05, 0) is 24.5 Å². The molecule has 1 aliphatic carbocycles. The third-order valence-electron chi connectivity index (χ3n) is 3.83. The molecule has 1 fully saturated rings. The summed E-state index contributed by atoms with van der Waals surface area (Å²) in [4.78, 5) is 23.6. The summed E-state index contributed by atoms with van der Waals surface area (Å²) in [7, 11) is 1.26. The number of ether oxygens (including phenoxy) is 1. The van der Waals surface area contributed by atoms with Crippen LogP contribution in [0.25, 0.3) is 0 Å². The molecule has 0 saturated heterocycles. The van der Waals surface area contributed by atoms with E-state index in [4.69, 9.17) is 0 Å². The van der Waals surface area contributed by atoms with Crippen molar-refractivity contribution in [2.75, 3.05) is 7.11 Å². The first kappa shape index (κ1) is 14.7. The zero-order valence-electron chi connectivity index (χ0n) is 11.1. The Kier molecular flexibility index (Phi) is 4.24. The van der Waals surface area contributed by atoms with Crippen molar-refractivity contribution in [3.63, 3.8) is 0 Å². The molecule has 5 heteroatoms. The van der Waals surface area contributed by atoms with Crippen LogP contribution in [0.3, 0.4) is 0 Å². The minimum Gasteiger partial charge on any atom is -0.468 e. The highest BCUT2D eigenvalue weighted by Crippen LogP contribution is 2.43. The number of hydrogen-bond acceptors (Lipinski definition) is 4. The number of nitriles is 1. The van der Waals surface area contributed by atoms with Crippen molar-refractivity contribution in [2.24, 2.45) is 5.92 Å². The average Bonchev–Trinajstić information content (AvgIpc) is 2.48. The number of benzene rings is 1. The first-order valence-electron chi connectivity index (χ1n) is 6.31. The fourth-order valence-electron chi connectivity index (χ4n) is 2.69. The van der Waals surface area contributed by atoms with Gasteiger partial charge in [0, 0.05) is 10.9 Å². The summed E-state index contributed by atoms with van der Waals surface area (Å²) in [6, 6.07) is 9.75. The maximum atomic E-state index is 11.9. The van der Waals surface area contributed by atoms with E-state index in [9.17, 15) is 14.9 Å². The molecule has 2 unspecified atom stereocenters. The maximum Gasteiger partial charge on any atom is 0.316 e. The average molecular weight is 336 g/mol. The quantitative estimate of drug-likeness (QED) is 0.615. The second-order valence-corrected chi connectivity index (χ2v) is 5.77. The van der Waals surface area contributed by atoms with Crippen LogP contribution in [0.5, 0.6) is 0 Å². The van der Waals surface area contributed by atoms with E-state index < -0.39 is 17.3 Å². The fraction of sp³-hybridized carbons (Fsp3) is 0.400. The number of hydrogen-bond donors (Lipinski definition) is 0. The molecule has 0 heterocycles. The van der Waals surface area contributed by atoms with E-state index in [1.54, 1.807) is 0 Å². The fourth-order valence-corrected chi connectivity index (χ4v) is 3.35. The summed E-state index contributed by atoms with van der Waals surface area (Å²) in [6.45, 7) is 0. The Balaban J connectivity index is 2.43. The molecule has 0 amide bonds. The molecule has 1 aromatic carbocycles. The topological polar surface area (TPSA) is 67.2 Å². The number of esters is 1. The molecule has 4 nitrogen and oxygen atoms in total. The molecule has 0 bridgehead atoms. The Labute approximate surface area is 125 Å². The van der Waals surface area contributed by atoms with Gasteiger partial charge in [-0.15, -0.1) is 0 Å². The van der Waals surface area contributed by atoms with Gasteiger partial charge in [0.2, 0.25) is 0 Å². The maximum absolute atomic E-state index is 11.9. The molecule has 104 valence electrons. The van der Waals surface area contributed by atoms with Crippen molar-refractivity contribution in [1.82, 2.24) is 0 Å². The smallest absolute Gasteiger partial charge is 0.316 e. The van der Waals surface area contributed by atoms with E-state index >= 15 is 0 Å². The molecular formula is C15H14BrNO3. The molecule has 0 aromatic heterocycles. The molecule has 2 atom stereocenters. The minimum absolute atomic E-state index is 0.144. The Hall–Kier alpha value is -1.67. The molecule has 0 spiro atoms. The van der Waals surface area contributed by atoms with Crippen LogP contribution in [0.1, 0.15) is 24.8 Å². The Morgan fingerprint density at radius 3 is 2.80 bits per heavy atom. The Morgan fingerprint density at radius 1 is 1.50 bits per heavy atom. The zero-order valence-corrected chi connectivity index (χ0v) is 12.6. The van der Waals surface area contributed by atoms with Gasteiger partial charge in [-0.25, -0.2) is 0 Å². The van der Waals surface area contributed by atoms with E-state index in [1.165, 1.54) is 7.11 Å². The number of carbonyl (C=O) groups is 2. The lowest BCUT2D eigenvalue weighted by Crippen LogP contribution is -2.40. The third-order valence-corrected chi connectivity index (χ3v) is 4.52. The van der Waals surface area contributed by atoms with Gasteiger partial charge in [0.05, 0.1) is 18.6 Å². The second-order valence-electron chi connectivity index (χ2n) is 4.92. The van der Waals surface area contributed by atoms with Crippen molar-refractivity contribution in [1.29, 1.82) is 5.26 Å². The van der Waals surface area contributed by atoms with E-state index in [2.05, 4.69) is 26.7 Å². The van der Waals surface area contributed by atoms with Crippen molar-refractivity contribution in [3.8, 4) is 6.07 Å². The van der Waals surface area contributed by atoms with E-state index in [0.717, 1.165) is 10.0 Å². The van der Waals surface area contributed by atoms with Gasteiger partial charge in [0.15, 0.2) is 0 Å². The van der Waals surface area contributed by atoms with Crippen molar-refractivity contribution < 1.29 is 14.3 Å². The van der Waals surface area contributed by atoms with E-state index in [1.807, 2.05) is 24.3 Å². The predicted molar refractivity (Wildman–Crippen MR) is 75.8 cm³/mol. The van der Waals surface area contributed by atoms with E-state index in [-0.39, 0.29) is 18.6 Å². The van der Waals surface area contributed by atoms with Gasteiger partial charge in [0.1, 0.15) is 11.7 Å². The summed E-state index contributed by atoms with van der Waals surface area (Å²) in [6.07, 6.45) is 0.824. The van der Waals surface area contributed by atoms with Crippen LogP contribution in [0, 0.1) is 17.2 Å². The van der Waals surface area contributed by atoms with Crippen LogP contribution in [-0.2, 0) is 19.7 Å². The van der Waals surface area contributed by atoms with Gasteiger partial charge >= 0.3 is 5.97 Å². The molecule has 1 aliphatic rings. The van der Waals surface area contributed by atoms with Crippen LogP contribution < -0.4 is 0 Å². The summed E-state index contributed by atoms with van der Waals surface area (Å²) in [5.41, 5.74) is -0.00347. The predicted octanol–water partition coefficient (Wildman–Crippen LogP) is 2.75. The van der Waals surface area contributed by atoms with Crippen LogP contribution in [0.2, 0.25) is 0 Å². The lowest BCUT2D eigenvalue weighted by atomic mass is 9.66. The third kappa shape index (κ3) is 2.48. The number of Topliss-reactive ketones (excluding diaryl/α,β-unsaturated/α-hetero) is 1. The molecular weight excluding hydrogens is 322 g/mol. The Bertz CT molecular complexity index is 585. The first-order chi connectivity index (χ1) is 9.54. The number of halogens is 1. The SMILES string of the molecule is COC(=O)C1CC(C#N)(c2ccccc2Br)CCC1=O. The summed E-state index contributed by atoms with van der Waals surface area (Å²) >= 11 is 3.44. The monoisotopic (exact) mass is 335 g/mol. The molecule has 2 rings (SSSR count). The lowest BCUT2D eigenvalue weighted by molar-refractivity contribution is -0.151. The van der Waals surface area contributed by atoms with Crippen LogP contribution >= 0.6 is 15.9 Å². The summed E-state index contributed by atoms with van der Waals surface area (Å²) in [5.74, 6) is -1.54. The molecule has 1 saturated carbocycles. The first-order valence-corrected chi connectivity index (χ1v) is 7.10. The number of rotatable bonds is 2. The molecule has 0 aliphatic heterocycles. The Morgan fingerprint density at radius 2 is 2.20 bits per heavy atom. The van der Waals surface area contributed by atoms with Crippen molar-refractivity contribution in [2.45, 2.75) is 24.7 Å². The molecule has 0 radical (unpaired) electrons. The van der Waals surface area contributed by atoms with Crippen LogP contribution in [0.15, 0.2) is 28.7 Å². The number of carbonyl (C=O) groups excluding carboxylic acids is 2. The highest BCUT2D eigenvalue weighted by molar-refractivity contribution is 9.10. The molecule has 0 N–H and O–H groups in total. The summed E-state index contributed by atoms with van der Waals surface area (Å²) < 4.78 is 5.50. The summed E-state index contributed by atoms with van der Waals surface area (Å²) in [5, 5.41) is 9.64.